The SMILES string of the molecule is CCC(=O)c1cccc(Oc2ccc(F)cc2Br)c1. The summed E-state index contributed by atoms with van der Waals surface area (Å²) in [4.78, 5) is 11.6. The first-order valence-corrected chi connectivity index (χ1v) is 6.65. The molecule has 0 radical (unpaired) electrons. The standard InChI is InChI=1S/C15H12BrFO2/c1-2-14(18)10-4-3-5-12(8-10)19-15-7-6-11(17)9-13(15)16/h3-9H,2H2,1H3. The van der Waals surface area contributed by atoms with E-state index in [1.165, 1.54) is 18.2 Å². The number of carbonyl (C=O) groups is 1. The summed E-state index contributed by atoms with van der Waals surface area (Å²) in [5.74, 6) is 0.770. The third-order valence-electron chi connectivity index (χ3n) is 2.60. The van der Waals surface area contributed by atoms with Gasteiger partial charge >= 0.3 is 0 Å². The lowest BCUT2D eigenvalue weighted by atomic mass is 10.1. The van der Waals surface area contributed by atoms with Crippen molar-refractivity contribution in [2.24, 2.45) is 0 Å². The highest BCUT2D eigenvalue weighted by Crippen LogP contribution is 2.30. The Morgan fingerprint density at radius 3 is 2.74 bits per heavy atom. The molecule has 0 aromatic heterocycles. The predicted octanol–water partition coefficient (Wildman–Crippen LogP) is 4.97. The van der Waals surface area contributed by atoms with Gasteiger partial charge in [-0.15, -0.1) is 0 Å². The number of ether oxygens (including phenoxy) is 1. The van der Waals surface area contributed by atoms with Crippen LogP contribution in [0.15, 0.2) is 46.9 Å². The molecule has 0 atom stereocenters. The molecule has 0 N–H and O–H groups in total. The van der Waals surface area contributed by atoms with Gasteiger partial charge < -0.3 is 4.74 Å². The minimum atomic E-state index is -0.339. The van der Waals surface area contributed by atoms with Gasteiger partial charge in [-0.3, -0.25) is 4.79 Å². The summed E-state index contributed by atoms with van der Waals surface area (Å²) >= 11 is 3.23. The second kappa shape index (κ2) is 5.97. The van der Waals surface area contributed by atoms with Crippen LogP contribution in [0, 0.1) is 5.82 Å². The molecule has 0 aliphatic carbocycles. The summed E-state index contributed by atoms with van der Waals surface area (Å²) in [5, 5.41) is 0. The first kappa shape index (κ1) is 13.7. The van der Waals surface area contributed by atoms with Crippen LogP contribution in [0.4, 0.5) is 4.39 Å². The van der Waals surface area contributed by atoms with Gasteiger partial charge in [0.2, 0.25) is 0 Å². The van der Waals surface area contributed by atoms with E-state index in [1.54, 1.807) is 24.3 Å². The first-order chi connectivity index (χ1) is 9.10. The maximum absolute atomic E-state index is 13.0. The van der Waals surface area contributed by atoms with Gasteiger partial charge in [0, 0.05) is 12.0 Å². The highest BCUT2D eigenvalue weighted by atomic mass is 79.9. The molecule has 0 unspecified atom stereocenters. The fourth-order valence-corrected chi connectivity index (χ4v) is 2.05. The van der Waals surface area contributed by atoms with Crippen LogP contribution in [0.3, 0.4) is 0 Å². The molecule has 0 saturated carbocycles. The van der Waals surface area contributed by atoms with Crippen molar-refractivity contribution in [2.45, 2.75) is 13.3 Å². The van der Waals surface area contributed by atoms with Gasteiger partial charge in [0.15, 0.2) is 5.78 Å². The van der Waals surface area contributed by atoms with Gasteiger partial charge in [0.25, 0.3) is 0 Å². The van der Waals surface area contributed by atoms with Crippen LogP contribution in [0.5, 0.6) is 11.5 Å². The second-order valence-corrected chi connectivity index (χ2v) is 4.84. The predicted molar refractivity (Wildman–Crippen MR) is 75.2 cm³/mol. The normalized spacial score (nSPS) is 10.3. The molecular weight excluding hydrogens is 311 g/mol. The van der Waals surface area contributed by atoms with Crippen molar-refractivity contribution >= 4 is 21.7 Å². The molecule has 0 aliphatic rings. The minimum Gasteiger partial charge on any atom is -0.456 e. The highest BCUT2D eigenvalue weighted by Gasteiger charge is 2.07. The summed E-state index contributed by atoms with van der Waals surface area (Å²) < 4.78 is 19.1. The van der Waals surface area contributed by atoms with Crippen LogP contribution in [0.1, 0.15) is 23.7 Å². The zero-order chi connectivity index (χ0) is 13.8. The Labute approximate surface area is 119 Å². The van der Waals surface area contributed by atoms with Crippen LogP contribution in [0.25, 0.3) is 0 Å². The van der Waals surface area contributed by atoms with Crippen molar-refractivity contribution in [3.63, 3.8) is 0 Å². The van der Waals surface area contributed by atoms with Gasteiger partial charge in [-0.05, 0) is 46.3 Å². The smallest absolute Gasteiger partial charge is 0.162 e. The maximum Gasteiger partial charge on any atom is 0.162 e. The van der Waals surface area contributed by atoms with E-state index in [2.05, 4.69) is 15.9 Å². The molecule has 0 saturated heterocycles. The summed E-state index contributed by atoms with van der Waals surface area (Å²) in [6.45, 7) is 1.81. The van der Waals surface area contributed by atoms with Crippen LogP contribution in [-0.2, 0) is 0 Å². The first-order valence-electron chi connectivity index (χ1n) is 5.86. The lowest BCUT2D eigenvalue weighted by Crippen LogP contribution is -1.96. The van der Waals surface area contributed by atoms with Crippen molar-refractivity contribution in [1.82, 2.24) is 0 Å². The number of halogens is 2. The average Bonchev–Trinajstić information content (AvgIpc) is 2.41. The number of benzene rings is 2. The van der Waals surface area contributed by atoms with Gasteiger partial charge in [-0.25, -0.2) is 4.39 Å². The number of ketones is 1. The van der Waals surface area contributed by atoms with Crippen LogP contribution in [0.2, 0.25) is 0 Å². The Hall–Kier alpha value is -1.68. The molecule has 19 heavy (non-hydrogen) atoms. The zero-order valence-electron chi connectivity index (χ0n) is 10.3. The Morgan fingerprint density at radius 2 is 2.05 bits per heavy atom. The van der Waals surface area contributed by atoms with E-state index >= 15 is 0 Å². The summed E-state index contributed by atoms with van der Waals surface area (Å²) in [6.07, 6.45) is 0.448. The van der Waals surface area contributed by atoms with Crippen LogP contribution < -0.4 is 4.74 Å². The molecule has 0 spiro atoms. The van der Waals surface area contributed by atoms with Gasteiger partial charge in [-0.1, -0.05) is 19.1 Å². The van der Waals surface area contributed by atoms with E-state index in [4.69, 9.17) is 4.74 Å². The molecule has 4 heteroatoms. The van der Waals surface area contributed by atoms with Gasteiger partial charge in [0.1, 0.15) is 17.3 Å². The van der Waals surface area contributed by atoms with Crippen molar-refractivity contribution in [2.75, 3.05) is 0 Å². The number of carbonyl (C=O) groups excluding carboxylic acids is 1. The lowest BCUT2D eigenvalue weighted by molar-refractivity contribution is 0.0988. The van der Waals surface area contributed by atoms with E-state index in [9.17, 15) is 9.18 Å². The monoisotopic (exact) mass is 322 g/mol. The summed E-state index contributed by atoms with van der Waals surface area (Å²) in [6, 6.07) is 11.1. The molecular formula is C15H12BrFO2. The van der Waals surface area contributed by atoms with Crippen LogP contribution in [-0.4, -0.2) is 5.78 Å². The van der Waals surface area contributed by atoms with Crippen LogP contribution >= 0.6 is 15.9 Å². The van der Waals surface area contributed by atoms with Crippen molar-refractivity contribution in [3.05, 3.63) is 58.3 Å². The Bertz CT molecular complexity index is 611. The number of rotatable bonds is 4. The van der Waals surface area contributed by atoms with E-state index in [0.29, 0.717) is 28.0 Å². The number of hydrogen-bond acceptors (Lipinski definition) is 2. The highest BCUT2D eigenvalue weighted by molar-refractivity contribution is 9.10. The van der Waals surface area contributed by atoms with E-state index < -0.39 is 0 Å². The summed E-state index contributed by atoms with van der Waals surface area (Å²) in [5.41, 5.74) is 0.609. The van der Waals surface area contributed by atoms with Gasteiger partial charge in [0.05, 0.1) is 4.47 Å². The fourth-order valence-electron chi connectivity index (χ4n) is 1.62. The Kier molecular flexibility index (Phi) is 4.32. The number of hydrogen-bond donors (Lipinski definition) is 0. The molecule has 2 aromatic carbocycles. The van der Waals surface area contributed by atoms with Crippen molar-refractivity contribution < 1.29 is 13.9 Å². The molecule has 98 valence electrons. The molecule has 0 aliphatic heterocycles. The van der Waals surface area contributed by atoms with Crippen molar-refractivity contribution in [3.8, 4) is 11.5 Å². The lowest BCUT2D eigenvalue weighted by Gasteiger charge is -2.08. The maximum atomic E-state index is 13.0. The minimum absolute atomic E-state index is 0.0589. The third kappa shape index (κ3) is 3.41. The van der Waals surface area contributed by atoms with Crippen molar-refractivity contribution in [1.29, 1.82) is 0 Å². The largest absolute Gasteiger partial charge is 0.456 e. The fraction of sp³-hybridized carbons (Fsp3) is 0.133. The quantitative estimate of drug-likeness (QED) is 0.742. The average molecular weight is 323 g/mol. The second-order valence-electron chi connectivity index (χ2n) is 3.98. The Balaban J connectivity index is 2.26. The van der Waals surface area contributed by atoms with E-state index in [0.717, 1.165) is 0 Å². The summed E-state index contributed by atoms with van der Waals surface area (Å²) in [7, 11) is 0. The van der Waals surface area contributed by atoms with E-state index in [-0.39, 0.29) is 11.6 Å². The molecule has 2 rings (SSSR count). The molecule has 0 fully saturated rings. The molecule has 0 heterocycles. The van der Waals surface area contributed by atoms with Gasteiger partial charge in [-0.2, -0.15) is 0 Å². The third-order valence-corrected chi connectivity index (χ3v) is 3.22. The molecule has 2 aromatic rings. The molecule has 0 amide bonds. The zero-order valence-corrected chi connectivity index (χ0v) is 11.9. The van der Waals surface area contributed by atoms with E-state index in [1.807, 2.05) is 6.92 Å². The Morgan fingerprint density at radius 1 is 1.26 bits per heavy atom. The topological polar surface area (TPSA) is 26.3 Å². The number of Topliss-reactive ketones (excluding diaryl/α,β-unsaturated/α-hetero) is 1. The molecule has 2 nitrogen and oxygen atoms in total. The molecule has 0 bridgehead atoms.